The number of carbonyl (C=O) groups excluding carboxylic acids is 1. The SMILES string of the molecule is COC(=O)C1(Cc2cc(Nc3nccs3)ccc2F)CCNC(C)C1. The Morgan fingerprint density at radius 1 is 1.56 bits per heavy atom. The normalized spacial score (nSPS) is 23.2. The van der Waals surface area contributed by atoms with E-state index in [0.717, 1.165) is 17.4 Å². The minimum absolute atomic E-state index is 0.188. The molecular weight excluding hydrogens is 341 g/mol. The Labute approximate surface area is 150 Å². The first kappa shape index (κ1) is 17.8. The number of benzene rings is 1. The molecule has 1 aliphatic heterocycles. The maximum atomic E-state index is 14.4. The number of thiazole rings is 1. The number of aromatic nitrogens is 1. The van der Waals surface area contributed by atoms with Gasteiger partial charge < -0.3 is 15.4 Å². The third-order valence-electron chi connectivity index (χ3n) is 4.67. The Hall–Kier alpha value is -1.99. The molecule has 1 aromatic heterocycles. The van der Waals surface area contributed by atoms with Crippen LogP contribution in [-0.2, 0) is 16.0 Å². The zero-order chi connectivity index (χ0) is 17.9. The number of anilines is 2. The van der Waals surface area contributed by atoms with Crippen molar-refractivity contribution in [2.24, 2.45) is 5.41 Å². The highest BCUT2D eigenvalue weighted by Crippen LogP contribution is 2.37. The number of halogens is 1. The van der Waals surface area contributed by atoms with E-state index in [4.69, 9.17) is 4.74 Å². The number of methoxy groups -OCH3 is 1. The third kappa shape index (κ3) is 3.99. The average molecular weight is 363 g/mol. The quantitative estimate of drug-likeness (QED) is 0.796. The highest BCUT2D eigenvalue weighted by molar-refractivity contribution is 7.13. The van der Waals surface area contributed by atoms with Gasteiger partial charge in [-0.2, -0.15) is 0 Å². The summed E-state index contributed by atoms with van der Waals surface area (Å²) in [7, 11) is 1.40. The number of ether oxygens (including phenoxy) is 1. The number of esters is 1. The molecule has 0 spiro atoms. The Morgan fingerprint density at radius 3 is 3.08 bits per heavy atom. The van der Waals surface area contributed by atoms with Crippen LogP contribution in [0.4, 0.5) is 15.2 Å². The molecule has 134 valence electrons. The molecule has 1 fully saturated rings. The van der Waals surface area contributed by atoms with Crippen LogP contribution in [0.2, 0.25) is 0 Å². The van der Waals surface area contributed by atoms with Gasteiger partial charge in [0, 0.05) is 23.3 Å². The molecule has 2 atom stereocenters. The Morgan fingerprint density at radius 2 is 2.40 bits per heavy atom. The first-order valence-corrected chi connectivity index (χ1v) is 9.17. The number of rotatable bonds is 5. The molecule has 2 N–H and O–H groups in total. The van der Waals surface area contributed by atoms with Gasteiger partial charge in [-0.15, -0.1) is 11.3 Å². The fourth-order valence-corrected chi connectivity index (χ4v) is 4.06. The Balaban J connectivity index is 1.87. The molecule has 5 nitrogen and oxygen atoms in total. The van der Waals surface area contributed by atoms with Crippen molar-refractivity contribution in [2.45, 2.75) is 32.2 Å². The zero-order valence-corrected chi connectivity index (χ0v) is 15.2. The van der Waals surface area contributed by atoms with Crippen molar-refractivity contribution in [2.75, 3.05) is 19.0 Å². The summed E-state index contributed by atoms with van der Waals surface area (Å²) in [5.41, 5.74) is 0.578. The van der Waals surface area contributed by atoms with Gasteiger partial charge in [0.15, 0.2) is 5.13 Å². The van der Waals surface area contributed by atoms with E-state index in [2.05, 4.69) is 15.6 Å². The molecule has 0 amide bonds. The molecule has 25 heavy (non-hydrogen) atoms. The van der Waals surface area contributed by atoms with Crippen molar-refractivity contribution in [3.63, 3.8) is 0 Å². The molecule has 0 aliphatic carbocycles. The molecule has 2 aromatic rings. The summed E-state index contributed by atoms with van der Waals surface area (Å²) in [5.74, 6) is -0.572. The first-order chi connectivity index (χ1) is 12.0. The third-order valence-corrected chi connectivity index (χ3v) is 5.36. The fourth-order valence-electron chi connectivity index (χ4n) is 3.51. The lowest BCUT2D eigenvalue weighted by Gasteiger charge is -2.38. The summed E-state index contributed by atoms with van der Waals surface area (Å²) in [6, 6.07) is 5.05. The van der Waals surface area contributed by atoms with E-state index in [1.807, 2.05) is 12.3 Å². The van der Waals surface area contributed by atoms with E-state index in [-0.39, 0.29) is 17.8 Å². The maximum Gasteiger partial charge on any atom is 0.312 e. The highest BCUT2D eigenvalue weighted by atomic mass is 32.1. The van der Waals surface area contributed by atoms with Crippen LogP contribution in [0.5, 0.6) is 0 Å². The van der Waals surface area contributed by atoms with Crippen LogP contribution >= 0.6 is 11.3 Å². The van der Waals surface area contributed by atoms with Gasteiger partial charge in [-0.25, -0.2) is 9.37 Å². The van der Waals surface area contributed by atoms with Gasteiger partial charge in [0.05, 0.1) is 12.5 Å². The van der Waals surface area contributed by atoms with Crippen molar-refractivity contribution in [3.05, 3.63) is 41.2 Å². The highest BCUT2D eigenvalue weighted by Gasteiger charge is 2.43. The number of hydrogen-bond donors (Lipinski definition) is 2. The fraction of sp³-hybridized carbons (Fsp3) is 0.444. The summed E-state index contributed by atoms with van der Waals surface area (Å²) in [5, 5.41) is 9.12. The number of hydrogen-bond acceptors (Lipinski definition) is 6. The second kappa shape index (κ2) is 7.49. The predicted molar refractivity (Wildman–Crippen MR) is 96.6 cm³/mol. The van der Waals surface area contributed by atoms with Gasteiger partial charge in [-0.3, -0.25) is 4.79 Å². The van der Waals surface area contributed by atoms with Crippen molar-refractivity contribution >= 4 is 28.1 Å². The summed E-state index contributed by atoms with van der Waals surface area (Å²) in [6.45, 7) is 2.75. The van der Waals surface area contributed by atoms with E-state index in [1.165, 1.54) is 24.5 Å². The van der Waals surface area contributed by atoms with E-state index in [9.17, 15) is 9.18 Å². The molecular formula is C18H22FN3O2S. The average Bonchev–Trinajstić information content (AvgIpc) is 3.10. The summed E-state index contributed by atoms with van der Waals surface area (Å²) >= 11 is 1.47. The lowest BCUT2D eigenvalue weighted by molar-refractivity contribution is -0.155. The molecule has 0 bridgehead atoms. The molecule has 1 aliphatic rings. The lowest BCUT2D eigenvalue weighted by Crippen LogP contribution is -2.48. The number of carbonyl (C=O) groups is 1. The van der Waals surface area contributed by atoms with Crippen molar-refractivity contribution in [3.8, 4) is 0 Å². The van der Waals surface area contributed by atoms with Gasteiger partial charge >= 0.3 is 5.97 Å². The number of nitrogens with zero attached hydrogens (tertiary/aromatic N) is 1. The molecule has 7 heteroatoms. The predicted octanol–water partition coefficient (Wildman–Crippen LogP) is 3.50. The van der Waals surface area contributed by atoms with Crippen LogP contribution in [-0.4, -0.2) is 30.6 Å². The van der Waals surface area contributed by atoms with Crippen molar-refractivity contribution in [1.82, 2.24) is 10.3 Å². The minimum atomic E-state index is -0.694. The second-order valence-corrected chi connectivity index (χ2v) is 7.42. The van der Waals surface area contributed by atoms with Crippen LogP contribution in [0.3, 0.4) is 0 Å². The van der Waals surface area contributed by atoms with Gasteiger partial charge in [0.25, 0.3) is 0 Å². The van der Waals surface area contributed by atoms with Gasteiger partial charge in [-0.05, 0) is 56.5 Å². The van der Waals surface area contributed by atoms with Crippen LogP contribution in [0.15, 0.2) is 29.8 Å². The molecule has 1 aromatic carbocycles. The second-order valence-electron chi connectivity index (χ2n) is 6.53. The molecule has 0 saturated carbocycles. The van der Waals surface area contributed by atoms with Crippen LogP contribution in [0, 0.1) is 11.2 Å². The topological polar surface area (TPSA) is 63.2 Å². The van der Waals surface area contributed by atoms with Gasteiger partial charge in [0.1, 0.15) is 5.82 Å². The summed E-state index contributed by atoms with van der Waals surface area (Å²) in [4.78, 5) is 16.7. The van der Waals surface area contributed by atoms with E-state index in [1.54, 1.807) is 18.3 Å². The van der Waals surface area contributed by atoms with E-state index in [0.29, 0.717) is 24.8 Å². The van der Waals surface area contributed by atoms with E-state index < -0.39 is 5.41 Å². The molecule has 1 saturated heterocycles. The Bertz CT molecular complexity index is 738. The largest absolute Gasteiger partial charge is 0.469 e. The lowest BCUT2D eigenvalue weighted by atomic mass is 9.72. The van der Waals surface area contributed by atoms with Crippen LogP contribution in [0.1, 0.15) is 25.3 Å². The van der Waals surface area contributed by atoms with Gasteiger partial charge in [-0.1, -0.05) is 0 Å². The monoisotopic (exact) mass is 363 g/mol. The standard InChI is InChI=1S/C18H22FN3O2S/c1-12-10-18(5-6-20-12,16(23)24-2)11-13-9-14(3-4-15(13)19)22-17-21-7-8-25-17/h3-4,7-9,12,20H,5-6,10-11H2,1-2H3,(H,21,22). The summed E-state index contributed by atoms with van der Waals surface area (Å²) < 4.78 is 19.5. The van der Waals surface area contributed by atoms with Crippen LogP contribution < -0.4 is 10.6 Å². The smallest absolute Gasteiger partial charge is 0.312 e. The summed E-state index contributed by atoms with van der Waals surface area (Å²) in [6.07, 6.45) is 3.29. The minimum Gasteiger partial charge on any atom is -0.469 e. The van der Waals surface area contributed by atoms with Gasteiger partial charge in [0.2, 0.25) is 0 Å². The number of nitrogens with one attached hydrogen (secondary N) is 2. The maximum absolute atomic E-state index is 14.4. The number of piperidine rings is 1. The first-order valence-electron chi connectivity index (χ1n) is 8.29. The van der Waals surface area contributed by atoms with Crippen molar-refractivity contribution in [1.29, 1.82) is 0 Å². The molecule has 2 unspecified atom stereocenters. The van der Waals surface area contributed by atoms with Crippen molar-refractivity contribution < 1.29 is 13.9 Å². The molecule has 0 radical (unpaired) electrons. The zero-order valence-electron chi connectivity index (χ0n) is 14.3. The molecule has 2 heterocycles. The molecule has 3 rings (SSSR count). The Kier molecular flexibility index (Phi) is 5.34. The van der Waals surface area contributed by atoms with Crippen LogP contribution in [0.25, 0.3) is 0 Å². The van der Waals surface area contributed by atoms with E-state index >= 15 is 0 Å².